The van der Waals surface area contributed by atoms with Gasteiger partial charge in [-0.25, -0.2) is 9.97 Å². The highest BCUT2D eigenvalue weighted by molar-refractivity contribution is 6.12. The third-order valence-corrected chi connectivity index (χ3v) is 15.0. The number of benzene rings is 8. The van der Waals surface area contributed by atoms with Gasteiger partial charge >= 0.3 is 0 Å². The lowest BCUT2D eigenvalue weighted by Gasteiger charge is -2.37. The van der Waals surface area contributed by atoms with Crippen LogP contribution in [0.15, 0.2) is 182 Å². The molecule has 2 aromatic heterocycles. The molecule has 0 fully saturated rings. The molecule has 3 heterocycles. The second-order valence-corrected chi connectivity index (χ2v) is 19.3. The normalized spacial score (nSPS) is 16.1. The first-order valence-corrected chi connectivity index (χ1v) is 22.8. The summed E-state index contributed by atoms with van der Waals surface area (Å²) in [5.74, 6) is 1.16. The smallest absolute Gasteiger partial charge is 0.160 e. The lowest BCUT2D eigenvalue weighted by atomic mass is 9.70. The molecule has 3 heteroatoms. The van der Waals surface area contributed by atoms with Crippen LogP contribution in [0.5, 0.6) is 0 Å². The maximum atomic E-state index is 5.16. The minimum absolute atomic E-state index is 0.176. The van der Waals surface area contributed by atoms with Crippen molar-refractivity contribution in [3.05, 3.63) is 221 Å². The first-order valence-electron chi connectivity index (χ1n) is 22.8. The SMILES string of the molecule is CC1(C)c2cc3c(cc2CC2Cc4ccccc4-c4cccc1c42)C(C)(C)c1cccc2c4cc(-c5cccc(-c6nc(-c7ccccc7)cc(-c7ccccc7)n6)c5)ccc4n-3c12. The molecule has 0 saturated heterocycles. The van der Waals surface area contributed by atoms with Gasteiger partial charge in [0.05, 0.1) is 28.1 Å². The molecule has 2 aliphatic carbocycles. The molecule has 0 saturated carbocycles. The van der Waals surface area contributed by atoms with E-state index in [1.165, 1.54) is 77.6 Å². The number of nitrogens with zero attached hydrogens (tertiary/aromatic N) is 3. The van der Waals surface area contributed by atoms with Crippen LogP contribution < -0.4 is 0 Å². The van der Waals surface area contributed by atoms with Crippen LogP contribution in [0.2, 0.25) is 0 Å². The molecule has 10 aromatic rings. The highest BCUT2D eigenvalue weighted by Crippen LogP contribution is 2.54. The Labute approximate surface area is 374 Å². The van der Waals surface area contributed by atoms with Gasteiger partial charge in [-0.2, -0.15) is 0 Å². The zero-order valence-corrected chi connectivity index (χ0v) is 36.7. The van der Waals surface area contributed by atoms with Crippen molar-refractivity contribution in [2.24, 2.45) is 0 Å². The van der Waals surface area contributed by atoms with E-state index in [2.05, 4.69) is 202 Å². The second kappa shape index (κ2) is 13.6. The number of aromatic nitrogens is 3. The van der Waals surface area contributed by atoms with Gasteiger partial charge in [-0.05, 0) is 110 Å². The molecular formula is C61H47N3. The van der Waals surface area contributed by atoms with Crippen molar-refractivity contribution < 1.29 is 0 Å². The fourth-order valence-corrected chi connectivity index (χ4v) is 11.8. The van der Waals surface area contributed by atoms with Crippen LogP contribution in [0, 0.1) is 0 Å². The van der Waals surface area contributed by atoms with Gasteiger partial charge in [0.1, 0.15) is 0 Å². The van der Waals surface area contributed by atoms with Crippen LogP contribution in [0.4, 0.5) is 0 Å². The Hall–Kier alpha value is -7.36. The predicted molar refractivity (Wildman–Crippen MR) is 264 cm³/mol. The van der Waals surface area contributed by atoms with Crippen LogP contribution in [-0.2, 0) is 23.7 Å². The fourth-order valence-electron chi connectivity index (χ4n) is 11.8. The van der Waals surface area contributed by atoms with Gasteiger partial charge in [-0.15, -0.1) is 0 Å². The molecule has 0 amide bonds. The Bertz CT molecular complexity index is 3500. The molecular weight excluding hydrogens is 775 g/mol. The van der Waals surface area contributed by atoms with Crippen molar-refractivity contribution in [1.82, 2.24) is 14.5 Å². The Kier molecular flexibility index (Phi) is 7.89. The zero-order valence-electron chi connectivity index (χ0n) is 36.7. The number of hydrogen-bond acceptors (Lipinski definition) is 2. The van der Waals surface area contributed by atoms with Gasteiger partial charge in [-0.1, -0.05) is 179 Å². The topological polar surface area (TPSA) is 30.7 Å². The molecule has 1 atom stereocenters. The summed E-state index contributed by atoms with van der Waals surface area (Å²) < 4.78 is 2.60. The van der Waals surface area contributed by atoms with Crippen LogP contribution >= 0.6 is 0 Å². The van der Waals surface area contributed by atoms with E-state index in [1.807, 2.05) is 12.1 Å². The van der Waals surface area contributed by atoms with Crippen LogP contribution in [-0.4, -0.2) is 14.5 Å². The second-order valence-electron chi connectivity index (χ2n) is 19.3. The van der Waals surface area contributed by atoms with Crippen molar-refractivity contribution in [3.63, 3.8) is 0 Å². The molecule has 0 spiro atoms. The quantitative estimate of drug-likeness (QED) is 0.177. The highest BCUT2D eigenvalue weighted by atomic mass is 15.0. The van der Waals surface area contributed by atoms with Crippen molar-refractivity contribution >= 4 is 21.8 Å². The van der Waals surface area contributed by atoms with Gasteiger partial charge in [0.15, 0.2) is 5.82 Å². The molecule has 1 unspecified atom stereocenters. The molecule has 3 nitrogen and oxygen atoms in total. The summed E-state index contributed by atoms with van der Waals surface area (Å²) in [4.78, 5) is 10.3. The molecule has 8 aromatic carbocycles. The molecule has 0 radical (unpaired) electrons. The maximum absolute atomic E-state index is 5.16. The van der Waals surface area contributed by atoms with E-state index in [1.54, 1.807) is 5.56 Å². The van der Waals surface area contributed by atoms with E-state index in [-0.39, 0.29) is 10.8 Å². The van der Waals surface area contributed by atoms with Gasteiger partial charge < -0.3 is 4.57 Å². The predicted octanol–water partition coefficient (Wildman–Crippen LogP) is 15.1. The molecule has 306 valence electrons. The Balaban J connectivity index is 0.963. The fraction of sp³-hybridized carbons (Fsp3) is 0.148. The molecule has 0 bridgehead atoms. The van der Waals surface area contributed by atoms with Crippen molar-refractivity contribution in [2.45, 2.75) is 57.3 Å². The van der Waals surface area contributed by atoms with E-state index >= 15 is 0 Å². The monoisotopic (exact) mass is 821 g/mol. The highest BCUT2D eigenvalue weighted by Gasteiger charge is 2.42. The minimum Gasteiger partial charge on any atom is -0.309 e. The van der Waals surface area contributed by atoms with E-state index < -0.39 is 0 Å². The van der Waals surface area contributed by atoms with Crippen LogP contribution in [0.1, 0.15) is 72.6 Å². The van der Waals surface area contributed by atoms with Crippen LogP contribution in [0.3, 0.4) is 0 Å². The number of fused-ring (bicyclic) bond motifs is 8. The van der Waals surface area contributed by atoms with E-state index in [0.29, 0.717) is 11.7 Å². The average Bonchev–Trinajstić information content (AvgIpc) is 3.63. The van der Waals surface area contributed by atoms with E-state index in [9.17, 15) is 0 Å². The average molecular weight is 822 g/mol. The van der Waals surface area contributed by atoms with E-state index in [0.717, 1.165) is 46.5 Å². The molecule has 13 rings (SSSR count). The van der Waals surface area contributed by atoms with Gasteiger partial charge in [0, 0.05) is 38.3 Å². The molecule has 0 N–H and O–H groups in total. The summed E-state index contributed by atoms with van der Waals surface area (Å²) in [5.41, 5.74) is 23.8. The number of para-hydroxylation sites is 1. The summed E-state index contributed by atoms with van der Waals surface area (Å²) in [6.45, 7) is 9.81. The summed E-state index contributed by atoms with van der Waals surface area (Å²) >= 11 is 0. The number of rotatable bonds is 4. The standard InChI is InChI=1S/C61H47N3/c1-60(2)49-26-14-24-46-45-23-12-11-20-41(45)31-44(57(46)49)32-43-34-52-56(35-51(43)60)64-55-29-28-40(33-48(55)47-25-15-27-50(58(47)64)61(52,3)4)39-21-13-22-42(30-39)59-62-53(37-16-7-5-8-17-37)36-54(63-59)38-18-9-6-10-19-38/h5-30,33-36,44H,31-32H2,1-4H3. The van der Waals surface area contributed by atoms with Gasteiger partial charge in [0.25, 0.3) is 0 Å². The third kappa shape index (κ3) is 5.40. The first-order chi connectivity index (χ1) is 31.2. The summed E-state index contributed by atoms with van der Waals surface area (Å²) in [6, 6.07) is 67.1. The zero-order chi connectivity index (χ0) is 42.9. The minimum atomic E-state index is -0.189. The van der Waals surface area contributed by atoms with Crippen molar-refractivity contribution in [1.29, 1.82) is 0 Å². The lowest BCUT2D eigenvalue weighted by Crippen LogP contribution is -2.28. The van der Waals surface area contributed by atoms with Gasteiger partial charge in [-0.3, -0.25) is 0 Å². The molecule has 64 heavy (non-hydrogen) atoms. The van der Waals surface area contributed by atoms with Crippen LogP contribution in [0.25, 0.3) is 83.6 Å². The Morgan fingerprint density at radius 1 is 0.438 bits per heavy atom. The Morgan fingerprint density at radius 3 is 1.83 bits per heavy atom. The third-order valence-electron chi connectivity index (χ3n) is 15.0. The first kappa shape index (κ1) is 37.2. The largest absolute Gasteiger partial charge is 0.309 e. The molecule has 3 aliphatic rings. The Morgan fingerprint density at radius 2 is 1.05 bits per heavy atom. The summed E-state index contributed by atoms with van der Waals surface area (Å²) in [7, 11) is 0. The molecule has 1 aliphatic heterocycles. The summed E-state index contributed by atoms with van der Waals surface area (Å²) in [6.07, 6.45) is 2.12. The maximum Gasteiger partial charge on any atom is 0.160 e. The van der Waals surface area contributed by atoms with Gasteiger partial charge in [0.2, 0.25) is 0 Å². The van der Waals surface area contributed by atoms with E-state index in [4.69, 9.17) is 9.97 Å². The summed E-state index contributed by atoms with van der Waals surface area (Å²) in [5, 5.41) is 2.56. The lowest BCUT2D eigenvalue weighted by molar-refractivity contribution is 0.614. The number of hydrogen-bond donors (Lipinski definition) is 0. The van der Waals surface area contributed by atoms with Crippen molar-refractivity contribution in [2.75, 3.05) is 0 Å². The van der Waals surface area contributed by atoms with Crippen molar-refractivity contribution in [3.8, 4) is 61.8 Å².